The summed E-state index contributed by atoms with van der Waals surface area (Å²) in [6.07, 6.45) is 0.961. The normalized spacial score (nSPS) is 11.1. The van der Waals surface area contributed by atoms with E-state index in [0.29, 0.717) is 0 Å². The zero-order chi connectivity index (χ0) is 23.6. The largest absolute Gasteiger partial charge is 0.241 e. The number of thiazole rings is 1. The minimum absolute atomic E-state index is 0.718. The van der Waals surface area contributed by atoms with Gasteiger partial charge in [-0.25, -0.2) is 15.0 Å². The molecule has 6 aromatic rings. The fourth-order valence-corrected chi connectivity index (χ4v) is 5.12. The molecule has 3 nitrogen and oxygen atoms in total. The van der Waals surface area contributed by atoms with E-state index in [1.807, 2.05) is 36.4 Å². The van der Waals surface area contributed by atoms with Crippen LogP contribution in [0.3, 0.4) is 0 Å². The average Bonchev–Trinajstić information content (AvgIpc) is 3.37. The van der Waals surface area contributed by atoms with Crippen molar-refractivity contribution in [3.05, 3.63) is 114 Å². The first kappa shape index (κ1) is 21.4. The second-order valence-corrected chi connectivity index (χ2v) is 9.53. The molecular weight excluding hydrogens is 446 g/mol. The highest BCUT2D eigenvalue weighted by molar-refractivity contribution is 7.18. The molecule has 2 aromatic heterocycles. The lowest BCUT2D eigenvalue weighted by molar-refractivity contribution is 1.11. The van der Waals surface area contributed by atoms with Crippen LogP contribution in [-0.2, 0) is 6.42 Å². The summed E-state index contributed by atoms with van der Waals surface area (Å²) in [6.45, 7) is 2.15. The Hall–Kier alpha value is -4.15. The van der Waals surface area contributed by atoms with Gasteiger partial charge in [-0.1, -0.05) is 91.9 Å². The van der Waals surface area contributed by atoms with Gasteiger partial charge in [0.15, 0.2) is 5.82 Å². The number of hydrogen-bond acceptors (Lipinski definition) is 4. The molecule has 0 bridgehead atoms. The third-order valence-electron chi connectivity index (χ3n) is 6.05. The lowest BCUT2D eigenvalue weighted by Crippen LogP contribution is -1.96. The van der Waals surface area contributed by atoms with Gasteiger partial charge in [-0.15, -0.1) is 11.3 Å². The Morgan fingerprint density at radius 1 is 0.543 bits per heavy atom. The molecule has 168 valence electrons. The molecule has 4 aromatic carbocycles. The van der Waals surface area contributed by atoms with Crippen molar-refractivity contribution < 1.29 is 0 Å². The quantitative estimate of drug-likeness (QED) is 0.255. The van der Waals surface area contributed by atoms with E-state index in [0.717, 1.165) is 57.0 Å². The van der Waals surface area contributed by atoms with Crippen molar-refractivity contribution in [1.82, 2.24) is 15.0 Å². The first-order valence-electron chi connectivity index (χ1n) is 11.8. The molecule has 0 aliphatic carbocycles. The number of aryl methyl sites for hydroxylation is 1. The van der Waals surface area contributed by atoms with Crippen molar-refractivity contribution in [2.24, 2.45) is 0 Å². The maximum Gasteiger partial charge on any atom is 0.160 e. The molecule has 2 heterocycles. The smallest absolute Gasteiger partial charge is 0.160 e. The highest BCUT2D eigenvalue weighted by Crippen LogP contribution is 2.32. The second kappa shape index (κ2) is 9.24. The van der Waals surface area contributed by atoms with Crippen LogP contribution < -0.4 is 0 Å². The van der Waals surface area contributed by atoms with Gasteiger partial charge >= 0.3 is 0 Å². The van der Waals surface area contributed by atoms with Crippen LogP contribution in [-0.4, -0.2) is 15.0 Å². The first-order valence-corrected chi connectivity index (χ1v) is 12.6. The monoisotopic (exact) mass is 469 g/mol. The van der Waals surface area contributed by atoms with Gasteiger partial charge in [0, 0.05) is 16.7 Å². The van der Waals surface area contributed by atoms with Crippen molar-refractivity contribution in [2.75, 3.05) is 0 Å². The summed E-state index contributed by atoms with van der Waals surface area (Å²) in [5, 5.41) is 1.17. The molecule has 0 aliphatic rings. The number of fused-ring (bicyclic) bond motifs is 1. The van der Waals surface area contributed by atoms with Crippen LogP contribution in [0.2, 0.25) is 0 Å². The Bertz CT molecular complexity index is 1560. The van der Waals surface area contributed by atoms with Gasteiger partial charge in [-0.05, 0) is 41.8 Å². The van der Waals surface area contributed by atoms with Crippen LogP contribution in [0.5, 0.6) is 0 Å². The molecule has 0 radical (unpaired) electrons. The van der Waals surface area contributed by atoms with Crippen LogP contribution in [0.25, 0.3) is 55.2 Å². The standard InChI is InChI=1S/C31H23N3S/c1-2-30-32-28-19-24(16-17-29(28)35-30)23-14-9-15-25(18-23)31-33-26(21-10-5-3-6-11-21)20-27(34-31)22-12-7-4-8-13-22/h3-20H,2H2,1H3. The Morgan fingerprint density at radius 2 is 1.14 bits per heavy atom. The van der Waals surface area contributed by atoms with Crippen LogP contribution >= 0.6 is 11.3 Å². The summed E-state index contributed by atoms with van der Waals surface area (Å²) in [6, 6.07) is 37.6. The summed E-state index contributed by atoms with van der Waals surface area (Å²) in [5.74, 6) is 0.718. The summed E-state index contributed by atoms with van der Waals surface area (Å²) in [4.78, 5) is 14.7. The van der Waals surface area contributed by atoms with Gasteiger partial charge in [0.1, 0.15) is 0 Å². The molecule has 0 unspecified atom stereocenters. The summed E-state index contributed by atoms with van der Waals surface area (Å²) >= 11 is 1.77. The Morgan fingerprint density at radius 3 is 1.80 bits per heavy atom. The van der Waals surface area contributed by atoms with Crippen LogP contribution in [0.4, 0.5) is 0 Å². The predicted molar refractivity (Wildman–Crippen MR) is 146 cm³/mol. The minimum Gasteiger partial charge on any atom is -0.241 e. The average molecular weight is 470 g/mol. The number of benzene rings is 4. The fraction of sp³-hybridized carbons (Fsp3) is 0.0645. The third-order valence-corrected chi connectivity index (χ3v) is 7.23. The summed E-state index contributed by atoms with van der Waals surface area (Å²) in [5.41, 5.74) is 8.30. The van der Waals surface area contributed by atoms with Crippen molar-refractivity contribution in [3.63, 3.8) is 0 Å². The minimum atomic E-state index is 0.718. The molecule has 0 spiro atoms. The topological polar surface area (TPSA) is 38.7 Å². The van der Waals surface area contributed by atoms with Crippen molar-refractivity contribution in [2.45, 2.75) is 13.3 Å². The molecule has 0 aliphatic heterocycles. The molecule has 6 rings (SSSR count). The maximum absolute atomic E-state index is 4.98. The highest BCUT2D eigenvalue weighted by Gasteiger charge is 2.12. The number of aromatic nitrogens is 3. The van der Waals surface area contributed by atoms with Gasteiger partial charge in [-0.3, -0.25) is 0 Å². The van der Waals surface area contributed by atoms with E-state index in [1.54, 1.807) is 11.3 Å². The number of nitrogens with zero attached hydrogens (tertiary/aromatic N) is 3. The third kappa shape index (κ3) is 4.36. The van der Waals surface area contributed by atoms with Gasteiger partial charge in [0.25, 0.3) is 0 Å². The zero-order valence-electron chi connectivity index (χ0n) is 19.3. The summed E-state index contributed by atoms with van der Waals surface area (Å²) in [7, 11) is 0. The van der Waals surface area contributed by atoms with E-state index in [9.17, 15) is 0 Å². The molecular formula is C31H23N3S. The molecule has 0 atom stereocenters. The number of hydrogen-bond donors (Lipinski definition) is 0. The molecule has 0 N–H and O–H groups in total. The molecule has 0 saturated carbocycles. The van der Waals surface area contributed by atoms with Crippen molar-refractivity contribution in [1.29, 1.82) is 0 Å². The Kier molecular flexibility index (Phi) is 5.65. The van der Waals surface area contributed by atoms with Gasteiger partial charge < -0.3 is 0 Å². The first-order chi connectivity index (χ1) is 17.3. The van der Waals surface area contributed by atoms with E-state index in [-0.39, 0.29) is 0 Å². The van der Waals surface area contributed by atoms with Gasteiger partial charge in [0.05, 0.1) is 26.6 Å². The molecule has 0 fully saturated rings. The predicted octanol–water partition coefficient (Wildman–Crippen LogP) is 8.32. The maximum atomic E-state index is 4.98. The lowest BCUT2D eigenvalue weighted by Gasteiger charge is -2.10. The summed E-state index contributed by atoms with van der Waals surface area (Å²) < 4.78 is 1.23. The van der Waals surface area contributed by atoms with Crippen molar-refractivity contribution >= 4 is 21.6 Å². The van der Waals surface area contributed by atoms with E-state index >= 15 is 0 Å². The number of rotatable bonds is 5. The van der Waals surface area contributed by atoms with E-state index in [4.69, 9.17) is 15.0 Å². The highest BCUT2D eigenvalue weighted by atomic mass is 32.1. The van der Waals surface area contributed by atoms with Crippen molar-refractivity contribution in [3.8, 4) is 45.0 Å². The van der Waals surface area contributed by atoms with Crippen LogP contribution in [0.15, 0.2) is 109 Å². The lowest BCUT2D eigenvalue weighted by atomic mass is 10.0. The zero-order valence-corrected chi connectivity index (χ0v) is 20.2. The molecule has 4 heteroatoms. The van der Waals surface area contributed by atoms with Crippen LogP contribution in [0, 0.1) is 0 Å². The van der Waals surface area contributed by atoms with Crippen LogP contribution in [0.1, 0.15) is 11.9 Å². The van der Waals surface area contributed by atoms with E-state index in [2.05, 4.69) is 79.7 Å². The Labute approximate surface area is 208 Å². The molecule has 0 amide bonds. The fourth-order valence-electron chi connectivity index (χ4n) is 4.23. The van der Waals surface area contributed by atoms with Gasteiger partial charge in [-0.2, -0.15) is 0 Å². The Balaban J connectivity index is 1.47. The van der Waals surface area contributed by atoms with Gasteiger partial charge in [0.2, 0.25) is 0 Å². The molecule has 35 heavy (non-hydrogen) atoms. The SMILES string of the molecule is CCc1nc2cc(-c3cccc(-c4nc(-c5ccccc5)cc(-c5ccccc5)n4)c3)ccc2s1. The second-order valence-electron chi connectivity index (χ2n) is 8.42. The van der Waals surface area contributed by atoms with E-state index in [1.165, 1.54) is 9.71 Å². The van der Waals surface area contributed by atoms with E-state index < -0.39 is 0 Å². The molecule has 0 saturated heterocycles.